The average Bonchev–Trinajstić information content (AvgIpc) is 2.20. The van der Waals surface area contributed by atoms with Crippen LogP contribution in [-0.2, 0) is 0 Å². The number of hydrogen-bond donors (Lipinski definition) is 1. The van der Waals surface area contributed by atoms with Crippen LogP contribution in [-0.4, -0.2) is 16.4 Å². The highest BCUT2D eigenvalue weighted by atomic mass is 35.5. The predicted molar refractivity (Wildman–Crippen MR) is 70.7 cm³/mol. The van der Waals surface area contributed by atoms with Crippen LogP contribution in [0.4, 0.5) is 0 Å². The average molecular weight is 275 g/mol. The molecular weight excluding hydrogens is 259 g/mol. The topological polar surface area (TPSA) is 42.0 Å². The summed E-state index contributed by atoms with van der Waals surface area (Å²) in [6.45, 7) is 6.03. The van der Waals surface area contributed by atoms with Gasteiger partial charge in [-0.05, 0) is 26.3 Å². The van der Waals surface area contributed by atoms with Gasteiger partial charge in [-0.3, -0.25) is 4.79 Å². The van der Waals surface area contributed by atoms with E-state index in [-0.39, 0.29) is 16.6 Å². The fraction of sp³-hybridized carbons (Fsp3) is 0.500. The van der Waals surface area contributed by atoms with E-state index in [0.29, 0.717) is 10.6 Å². The second-order valence-electron chi connectivity index (χ2n) is 4.57. The molecule has 94 valence electrons. The number of amides is 1. The molecule has 0 saturated carbocycles. The Kier molecular flexibility index (Phi) is 4.78. The molecule has 0 aliphatic rings. The van der Waals surface area contributed by atoms with Gasteiger partial charge in [0.15, 0.2) is 0 Å². The molecule has 0 unspecified atom stereocenters. The van der Waals surface area contributed by atoms with Crippen molar-refractivity contribution in [1.29, 1.82) is 0 Å². The fourth-order valence-corrected chi connectivity index (χ4v) is 2.00. The van der Waals surface area contributed by atoms with Crippen LogP contribution >= 0.6 is 23.2 Å². The van der Waals surface area contributed by atoms with Gasteiger partial charge in [0, 0.05) is 11.7 Å². The van der Waals surface area contributed by atoms with Crippen LogP contribution < -0.4 is 5.32 Å². The first-order valence-corrected chi connectivity index (χ1v) is 6.25. The minimum atomic E-state index is -0.259. The van der Waals surface area contributed by atoms with Crippen LogP contribution in [0.25, 0.3) is 0 Å². The second-order valence-corrected chi connectivity index (χ2v) is 5.37. The zero-order valence-corrected chi connectivity index (χ0v) is 11.7. The molecule has 0 radical (unpaired) electrons. The first-order valence-electron chi connectivity index (χ1n) is 5.49. The summed E-state index contributed by atoms with van der Waals surface area (Å²) < 4.78 is 0. The Hall–Kier alpha value is -0.800. The van der Waals surface area contributed by atoms with Crippen molar-refractivity contribution in [2.24, 2.45) is 0 Å². The molecule has 1 aromatic heterocycles. The molecule has 1 rings (SSSR count). The van der Waals surface area contributed by atoms with E-state index in [1.165, 1.54) is 12.3 Å². The first-order chi connectivity index (χ1) is 7.85. The Bertz CT molecular complexity index is 419. The van der Waals surface area contributed by atoms with Gasteiger partial charge in [-0.2, -0.15) is 0 Å². The zero-order chi connectivity index (χ0) is 13.1. The van der Waals surface area contributed by atoms with E-state index in [4.69, 9.17) is 23.2 Å². The van der Waals surface area contributed by atoms with E-state index in [2.05, 4.69) is 17.2 Å². The van der Waals surface area contributed by atoms with Crippen molar-refractivity contribution < 1.29 is 4.79 Å². The highest BCUT2D eigenvalue weighted by Crippen LogP contribution is 2.19. The van der Waals surface area contributed by atoms with Gasteiger partial charge in [0.25, 0.3) is 5.91 Å². The fourth-order valence-electron chi connectivity index (χ4n) is 1.65. The van der Waals surface area contributed by atoms with Crippen LogP contribution in [0.1, 0.15) is 44.0 Å². The monoisotopic (exact) mass is 274 g/mol. The molecule has 0 aliphatic carbocycles. The van der Waals surface area contributed by atoms with E-state index in [9.17, 15) is 4.79 Å². The van der Waals surface area contributed by atoms with Crippen molar-refractivity contribution in [2.75, 3.05) is 0 Å². The maximum absolute atomic E-state index is 12.0. The second kappa shape index (κ2) is 5.69. The number of aromatic nitrogens is 1. The number of hydrogen-bond acceptors (Lipinski definition) is 2. The molecule has 1 aromatic rings. The van der Waals surface area contributed by atoms with E-state index in [0.717, 1.165) is 12.8 Å². The Morgan fingerprint density at radius 1 is 1.47 bits per heavy atom. The smallest absolute Gasteiger partial charge is 0.253 e. The van der Waals surface area contributed by atoms with Gasteiger partial charge in [0.2, 0.25) is 0 Å². The normalized spacial score (nSPS) is 11.4. The lowest BCUT2D eigenvalue weighted by molar-refractivity contribution is 0.0909. The summed E-state index contributed by atoms with van der Waals surface area (Å²) in [6, 6.07) is 1.47. The summed E-state index contributed by atoms with van der Waals surface area (Å²) in [6.07, 6.45) is 3.28. The van der Waals surface area contributed by atoms with Crippen molar-refractivity contribution in [2.45, 2.75) is 39.2 Å². The quantitative estimate of drug-likeness (QED) is 0.851. The van der Waals surface area contributed by atoms with Crippen molar-refractivity contribution in [3.63, 3.8) is 0 Å². The minimum absolute atomic E-state index is 0.224. The Balaban J connectivity index is 2.86. The Morgan fingerprint density at radius 3 is 2.71 bits per heavy atom. The summed E-state index contributed by atoms with van der Waals surface area (Å²) in [5, 5.41) is 3.49. The van der Waals surface area contributed by atoms with Crippen LogP contribution in [0.2, 0.25) is 10.2 Å². The molecule has 0 spiro atoms. The van der Waals surface area contributed by atoms with Crippen molar-refractivity contribution in [3.8, 4) is 0 Å². The van der Waals surface area contributed by atoms with Gasteiger partial charge in [-0.25, -0.2) is 4.98 Å². The van der Waals surface area contributed by atoms with Gasteiger partial charge in [-0.1, -0.05) is 36.5 Å². The molecule has 1 N–H and O–H groups in total. The third-order valence-electron chi connectivity index (χ3n) is 2.39. The molecule has 0 fully saturated rings. The van der Waals surface area contributed by atoms with Gasteiger partial charge in [0.1, 0.15) is 5.15 Å². The molecule has 1 amide bonds. The SMILES string of the molecule is CCCC(C)(C)NC(=O)c1cc(Cl)ncc1Cl. The van der Waals surface area contributed by atoms with Crippen molar-refractivity contribution >= 4 is 29.1 Å². The highest BCUT2D eigenvalue weighted by molar-refractivity contribution is 6.35. The number of pyridine rings is 1. The maximum atomic E-state index is 12.0. The van der Waals surface area contributed by atoms with Crippen LogP contribution in [0, 0.1) is 0 Å². The lowest BCUT2D eigenvalue weighted by Crippen LogP contribution is -2.43. The van der Waals surface area contributed by atoms with Crippen LogP contribution in [0.5, 0.6) is 0 Å². The van der Waals surface area contributed by atoms with E-state index in [1.54, 1.807) is 0 Å². The lowest BCUT2D eigenvalue weighted by Gasteiger charge is -2.26. The summed E-state index contributed by atoms with van der Waals surface area (Å²) >= 11 is 11.7. The molecule has 1 heterocycles. The number of nitrogens with one attached hydrogen (secondary N) is 1. The number of carbonyl (C=O) groups excluding carboxylic acids is 1. The van der Waals surface area contributed by atoms with Crippen LogP contribution in [0.3, 0.4) is 0 Å². The third-order valence-corrected chi connectivity index (χ3v) is 2.90. The summed E-state index contributed by atoms with van der Waals surface area (Å²) in [4.78, 5) is 15.8. The van der Waals surface area contributed by atoms with Gasteiger partial charge in [-0.15, -0.1) is 0 Å². The number of carbonyl (C=O) groups is 1. The Morgan fingerprint density at radius 2 is 2.12 bits per heavy atom. The Labute approximate surface area is 112 Å². The number of halogens is 2. The van der Waals surface area contributed by atoms with E-state index >= 15 is 0 Å². The van der Waals surface area contributed by atoms with Crippen LogP contribution in [0.15, 0.2) is 12.3 Å². The van der Waals surface area contributed by atoms with Crippen molar-refractivity contribution in [1.82, 2.24) is 10.3 Å². The number of rotatable bonds is 4. The van der Waals surface area contributed by atoms with Gasteiger partial charge >= 0.3 is 0 Å². The molecule has 5 heteroatoms. The molecule has 0 atom stereocenters. The van der Waals surface area contributed by atoms with Gasteiger partial charge in [0.05, 0.1) is 10.6 Å². The number of nitrogens with zero attached hydrogens (tertiary/aromatic N) is 1. The molecule has 0 saturated heterocycles. The highest BCUT2D eigenvalue weighted by Gasteiger charge is 2.21. The van der Waals surface area contributed by atoms with Crippen molar-refractivity contribution in [3.05, 3.63) is 28.0 Å². The lowest BCUT2D eigenvalue weighted by atomic mass is 9.98. The zero-order valence-electron chi connectivity index (χ0n) is 10.2. The third kappa shape index (κ3) is 4.17. The predicted octanol–water partition coefficient (Wildman–Crippen LogP) is 3.70. The van der Waals surface area contributed by atoms with E-state index < -0.39 is 0 Å². The summed E-state index contributed by atoms with van der Waals surface area (Å²) in [5.41, 5.74) is 0.0982. The largest absolute Gasteiger partial charge is 0.347 e. The van der Waals surface area contributed by atoms with Gasteiger partial charge < -0.3 is 5.32 Å². The molecule has 3 nitrogen and oxygen atoms in total. The summed E-state index contributed by atoms with van der Waals surface area (Å²) in [7, 11) is 0. The molecule has 0 bridgehead atoms. The molecule has 17 heavy (non-hydrogen) atoms. The molecule has 0 aliphatic heterocycles. The van der Waals surface area contributed by atoms with E-state index in [1.807, 2.05) is 13.8 Å². The molecular formula is C12H16Cl2N2O. The minimum Gasteiger partial charge on any atom is -0.347 e. The standard InChI is InChI=1S/C12H16Cl2N2O/c1-4-5-12(2,3)16-11(17)8-6-10(14)15-7-9(8)13/h6-7H,4-5H2,1-3H3,(H,16,17). The summed E-state index contributed by atoms with van der Waals surface area (Å²) in [5.74, 6) is -0.224. The first kappa shape index (κ1) is 14.3. The maximum Gasteiger partial charge on any atom is 0.253 e. The molecule has 0 aromatic carbocycles.